The Morgan fingerprint density at radius 2 is 1.58 bits per heavy atom. The first kappa shape index (κ1) is 12.7. The third-order valence-electron chi connectivity index (χ3n) is 7.29. The summed E-state index contributed by atoms with van der Waals surface area (Å²) in [6.45, 7) is 4.92. The van der Waals surface area contributed by atoms with Crippen molar-refractivity contribution in [1.82, 2.24) is 5.32 Å². The second-order valence-electron chi connectivity index (χ2n) is 8.43. The number of nitrogens with one attached hydrogen (secondary N) is 1. The lowest BCUT2D eigenvalue weighted by Gasteiger charge is -2.39. The van der Waals surface area contributed by atoms with E-state index in [2.05, 4.69) is 19.2 Å². The van der Waals surface area contributed by atoms with E-state index in [-0.39, 0.29) is 0 Å². The van der Waals surface area contributed by atoms with E-state index in [0.717, 1.165) is 47.6 Å². The van der Waals surface area contributed by atoms with E-state index in [0.29, 0.717) is 0 Å². The van der Waals surface area contributed by atoms with Crippen molar-refractivity contribution in [3.8, 4) is 0 Å². The van der Waals surface area contributed by atoms with Gasteiger partial charge in [-0.1, -0.05) is 20.3 Å². The van der Waals surface area contributed by atoms with E-state index in [1.54, 1.807) is 19.3 Å². The lowest BCUT2D eigenvalue weighted by Crippen LogP contribution is -2.48. The minimum atomic E-state index is 0.834. The van der Waals surface area contributed by atoms with Gasteiger partial charge < -0.3 is 5.32 Å². The van der Waals surface area contributed by atoms with Gasteiger partial charge in [0.15, 0.2) is 0 Å². The molecule has 1 N–H and O–H groups in total. The van der Waals surface area contributed by atoms with E-state index in [4.69, 9.17) is 0 Å². The van der Waals surface area contributed by atoms with Crippen LogP contribution in [0, 0.1) is 35.5 Å². The zero-order valence-corrected chi connectivity index (χ0v) is 12.8. The zero-order chi connectivity index (χ0) is 13.0. The van der Waals surface area contributed by atoms with Gasteiger partial charge in [-0.25, -0.2) is 0 Å². The van der Waals surface area contributed by atoms with Crippen LogP contribution in [-0.4, -0.2) is 12.1 Å². The van der Waals surface area contributed by atoms with Crippen LogP contribution in [0.3, 0.4) is 0 Å². The highest BCUT2D eigenvalue weighted by molar-refractivity contribution is 5.06. The molecular formula is C18H31N. The second-order valence-corrected chi connectivity index (χ2v) is 8.43. The molecule has 0 aromatic rings. The average molecular weight is 261 g/mol. The number of hydrogen-bond acceptors (Lipinski definition) is 1. The quantitative estimate of drug-likeness (QED) is 0.784. The van der Waals surface area contributed by atoms with E-state index >= 15 is 0 Å². The summed E-state index contributed by atoms with van der Waals surface area (Å²) in [5, 5.41) is 4.13. The first-order chi connectivity index (χ1) is 9.22. The molecule has 1 nitrogen and oxygen atoms in total. The van der Waals surface area contributed by atoms with Gasteiger partial charge in [0, 0.05) is 12.1 Å². The number of rotatable bonds is 2. The monoisotopic (exact) mass is 261 g/mol. The van der Waals surface area contributed by atoms with Gasteiger partial charge in [0.2, 0.25) is 0 Å². The van der Waals surface area contributed by atoms with Crippen LogP contribution >= 0.6 is 0 Å². The Hall–Kier alpha value is -0.0400. The van der Waals surface area contributed by atoms with Crippen LogP contribution in [0.2, 0.25) is 0 Å². The van der Waals surface area contributed by atoms with Crippen LogP contribution in [0.25, 0.3) is 0 Å². The summed E-state index contributed by atoms with van der Waals surface area (Å²) in [6.07, 6.45) is 12.1. The molecule has 19 heavy (non-hydrogen) atoms. The Kier molecular flexibility index (Phi) is 3.17. The van der Waals surface area contributed by atoms with E-state index < -0.39 is 0 Å². The molecule has 0 radical (unpaired) electrons. The molecule has 0 amide bonds. The molecule has 4 rings (SSSR count). The molecule has 8 unspecified atom stereocenters. The van der Waals surface area contributed by atoms with Crippen LogP contribution in [0.4, 0.5) is 0 Å². The molecule has 4 saturated carbocycles. The molecule has 0 aliphatic heterocycles. The van der Waals surface area contributed by atoms with Gasteiger partial charge in [0.05, 0.1) is 0 Å². The highest BCUT2D eigenvalue weighted by atomic mass is 15.0. The van der Waals surface area contributed by atoms with Crippen molar-refractivity contribution in [1.29, 1.82) is 0 Å². The minimum Gasteiger partial charge on any atom is -0.311 e. The van der Waals surface area contributed by atoms with Crippen molar-refractivity contribution < 1.29 is 0 Å². The Labute approximate surface area is 118 Å². The fourth-order valence-electron chi connectivity index (χ4n) is 6.45. The normalized spacial score (nSPS) is 56.5. The molecular weight excluding hydrogens is 230 g/mol. The first-order valence-corrected chi connectivity index (χ1v) is 8.98. The molecule has 8 atom stereocenters. The van der Waals surface area contributed by atoms with Gasteiger partial charge in [0.1, 0.15) is 0 Å². The Balaban J connectivity index is 1.39. The van der Waals surface area contributed by atoms with Crippen LogP contribution in [0.5, 0.6) is 0 Å². The van der Waals surface area contributed by atoms with Crippen LogP contribution in [-0.2, 0) is 0 Å². The van der Waals surface area contributed by atoms with Crippen molar-refractivity contribution in [2.75, 3.05) is 0 Å². The van der Waals surface area contributed by atoms with Crippen molar-refractivity contribution in [2.45, 2.75) is 77.3 Å². The smallest absolute Gasteiger partial charge is 0.0104 e. The summed E-state index contributed by atoms with van der Waals surface area (Å²) in [5.74, 6) is 6.30. The summed E-state index contributed by atoms with van der Waals surface area (Å²) < 4.78 is 0. The molecule has 1 heteroatoms. The largest absolute Gasteiger partial charge is 0.311 e. The molecule has 0 spiro atoms. The SMILES string of the molecule is CC1CCC(NC2CC3CC2C2CCCC32)C(C)C1. The standard InChI is InChI=1S/C18H31N/c1-11-6-7-17(12(2)8-11)19-18-10-13-9-16(18)15-5-3-4-14(13)15/h11-19H,3-10H2,1-2H3. The molecule has 0 aromatic heterocycles. The summed E-state index contributed by atoms with van der Waals surface area (Å²) in [4.78, 5) is 0. The van der Waals surface area contributed by atoms with Gasteiger partial charge in [-0.3, -0.25) is 0 Å². The van der Waals surface area contributed by atoms with Crippen molar-refractivity contribution >= 4 is 0 Å². The predicted octanol–water partition coefficient (Wildman–Crippen LogP) is 4.23. The van der Waals surface area contributed by atoms with Crippen LogP contribution < -0.4 is 5.32 Å². The minimum absolute atomic E-state index is 0.834. The maximum atomic E-state index is 4.13. The van der Waals surface area contributed by atoms with E-state index in [1.165, 1.54) is 32.1 Å². The third-order valence-corrected chi connectivity index (χ3v) is 7.29. The predicted molar refractivity (Wildman–Crippen MR) is 79.9 cm³/mol. The molecule has 4 aliphatic rings. The molecule has 4 aliphatic carbocycles. The average Bonchev–Trinajstić information content (AvgIpc) is 3.04. The third kappa shape index (κ3) is 2.07. The molecule has 0 saturated heterocycles. The Morgan fingerprint density at radius 3 is 2.42 bits per heavy atom. The summed E-state index contributed by atoms with van der Waals surface area (Å²) in [6, 6.07) is 1.73. The maximum absolute atomic E-state index is 4.13. The van der Waals surface area contributed by atoms with E-state index in [1.807, 2.05) is 0 Å². The van der Waals surface area contributed by atoms with Gasteiger partial charge in [0.25, 0.3) is 0 Å². The lowest BCUT2D eigenvalue weighted by atomic mass is 9.76. The van der Waals surface area contributed by atoms with Gasteiger partial charge in [-0.05, 0) is 80.5 Å². The van der Waals surface area contributed by atoms with Crippen molar-refractivity contribution in [3.05, 3.63) is 0 Å². The zero-order valence-electron chi connectivity index (χ0n) is 12.8. The molecule has 4 fully saturated rings. The molecule has 0 aromatic carbocycles. The Morgan fingerprint density at radius 1 is 0.737 bits per heavy atom. The molecule has 108 valence electrons. The summed E-state index contributed by atoms with van der Waals surface area (Å²) in [5.41, 5.74) is 0. The molecule has 0 heterocycles. The maximum Gasteiger partial charge on any atom is 0.0104 e. The second kappa shape index (κ2) is 4.76. The summed E-state index contributed by atoms with van der Waals surface area (Å²) >= 11 is 0. The Bertz CT molecular complexity index is 339. The highest BCUT2D eigenvalue weighted by Gasteiger charge is 2.54. The lowest BCUT2D eigenvalue weighted by molar-refractivity contribution is 0.156. The first-order valence-electron chi connectivity index (χ1n) is 8.98. The van der Waals surface area contributed by atoms with Gasteiger partial charge in [-0.15, -0.1) is 0 Å². The topological polar surface area (TPSA) is 12.0 Å². The summed E-state index contributed by atoms with van der Waals surface area (Å²) in [7, 11) is 0. The van der Waals surface area contributed by atoms with Crippen molar-refractivity contribution in [2.24, 2.45) is 35.5 Å². The van der Waals surface area contributed by atoms with Crippen LogP contribution in [0.1, 0.15) is 65.2 Å². The van der Waals surface area contributed by atoms with Crippen molar-refractivity contribution in [3.63, 3.8) is 0 Å². The fraction of sp³-hybridized carbons (Fsp3) is 1.00. The number of hydrogen-bond donors (Lipinski definition) is 1. The molecule has 2 bridgehead atoms. The van der Waals surface area contributed by atoms with Crippen LogP contribution in [0.15, 0.2) is 0 Å². The van der Waals surface area contributed by atoms with Gasteiger partial charge in [-0.2, -0.15) is 0 Å². The fourth-order valence-corrected chi connectivity index (χ4v) is 6.45. The van der Waals surface area contributed by atoms with E-state index in [9.17, 15) is 0 Å². The van der Waals surface area contributed by atoms with Gasteiger partial charge >= 0.3 is 0 Å². The highest BCUT2D eigenvalue weighted by Crippen LogP contribution is 2.58. The number of fused-ring (bicyclic) bond motifs is 5.